The molecule has 78 valence electrons. The summed E-state index contributed by atoms with van der Waals surface area (Å²) in [4.78, 5) is 10.7. The van der Waals surface area contributed by atoms with Crippen molar-refractivity contribution < 1.29 is 46.0 Å². The number of aromatic carboxylic acids is 1. The first-order valence-corrected chi connectivity index (χ1v) is 4.63. The van der Waals surface area contributed by atoms with Crippen LogP contribution in [0.25, 0.3) is 0 Å². The maximum atomic E-state index is 10.7. The number of hydrogen-bond donors (Lipinski definition) is 2. The first-order chi connectivity index (χ1) is 6.57. The summed E-state index contributed by atoms with van der Waals surface area (Å²) in [6, 6.07) is 4.82. The van der Waals surface area contributed by atoms with E-state index in [1.807, 2.05) is 13.8 Å². The Morgan fingerprint density at radius 2 is 2.13 bits per heavy atom. The van der Waals surface area contributed by atoms with Crippen LogP contribution in [0.15, 0.2) is 18.2 Å². The minimum atomic E-state index is -1.09. The van der Waals surface area contributed by atoms with Crippen molar-refractivity contribution in [2.24, 2.45) is 0 Å². The van der Waals surface area contributed by atoms with E-state index in [2.05, 4.69) is 0 Å². The summed E-state index contributed by atoms with van der Waals surface area (Å²) in [5.41, 5.74) is 0.676. The van der Waals surface area contributed by atoms with E-state index < -0.39 is 5.97 Å². The van der Waals surface area contributed by atoms with Crippen molar-refractivity contribution in [3.63, 3.8) is 0 Å². The Labute approximate surface area is 113 Å². The molecular weight excluding hydrogens is 203 g/mol. The molecule has 0 aliphatic carbocycles. The van der Waals surface area contributed by atoms with Gasteiger partial charge in [-0.1, -0.05) is 26.0 Å². The van der Waals surface area contributed by atoms with Gasteiger partial charge in [-0.05, 0) is 24.0 Å². The number of para-hydroxylation sites is 1. The Hall–Kier alpha value is -0.510. The van der Waals surface area contributed by atoms with Gasteiger partial charge in [0.2, 0.25) is 0 Å². The molecule has 1 rings (SSSR count). The molecule has 0 saturated carbocycles. The van der Waals surface area contributed by atoms with Gasteiger partial charge in [-0.25, -0.2) is 4.79 Å². The molecule has 0 radical (unpaired) electrons. The minimum Gasteiger partial charge on any atom is -1.00 e. The van der Waals surface area contributed by atoms with Crippen LogP contribution < -0.4 is 29.6 Å². The zero-order chi connectivity index (χ0) is 10.7. The Morgan fingerprint density at radius 3 is 2.60 bits per heavy atom. The van der Waals surface area contributed by atoms with E-state index in [0.29, 0.717) is 5.56 Å². The fourth-order valence-electron chi connectivity index (χ4n) is 1.35. The van der Waals surface area contributed by atoms with Gasteiger partial charge in [-0.3, -0.25) is 0 Å². The number of phenols is 1. The summed E-state index contributed by atoms with van der Waals surface area (Å²) < 4.78 is 0. The van der Waals surface area contributed by atoms with E-state index in [9.17, 15) is 9.90 Å². The normalized spacial score (nSPS) is 11.6. The van der Waals surface area contributed by atoms with Crippen LogP contribution in [0.4, 0.5) is 0 Å². The smallest absolute Gasteiger partial charge is 1.00 e. The summed E-state index contributed by atoms with van der Waals surface area (Å²) in [6.45, 7) is 3.96. The van der Waals surface area contributed by atoms with Gasteiger partial charge in [0.15, 0.2) is 0 Å². The van der Waals surface area contributed by atoms with E-state index >= 15 is 0 Å². The van der Waals surface area contributed by atoms with E-state index in [1.165, 1.54) is 6.07 Å². The SMILES string of the molecule is CCC(C)c1cccc(C(=O)O)c1O.[H-].[Na+]. The average Bonchev–Trinajstić information content (AvgIpc) is 2.16. The van der Waals surface area contributed by atoms with E-state index in [-0.39, 0.29) is 48.2 Å². The summed E-state index contributed by atoms with van der Waals surface area (Å²) >= 11 is 0. The predicted molar refractivity (Wildman–Crippen MR) is 54.9 cm³/mol. The van der Waals surface area contributed by atoms with Gasteiger partial charge in [0.1, 0.15) is 11.3 Å². The molecule has 0 amide bonds. The summed E-state index contributed by atoms with van der Waals surface area (Å²) in [5, 5.41) is 18.5. The van der Waals surface area contributed by atoms with Crippen LogP contribution in [0.1, 0.15) is 43.5 Å². The second kappa shape index (κ2) is 6.16. The molecule has 4 heteroatoms. The number of rotatable bonds is 3. The predicted octanol–water partition coefficient (Wildman–Crippen LogP) is -0.280. The molecule has 0 aliphatic heterocycles. The number of carboxylic acids is 1. The number of benzene rings is 1. The van der Waals surface area contributed by atoms with Crippen LogP contribution in [-0.2, 0) is 0 Å². The standard InChI is InChI=1S/C11H14O3.Na.H/c1-3-7(2)8-5-4-6-9(10(8)12)11(13)14;;/h4-7,12H,3H2,1-2H3,(H,13,14);;/q;+1;-1. The molecule has 1 unspecified atom stereocenters. The van der Waals surface area contributed by atoms with Gasteiger partial charge in [0.05, 0.1) is 0 Å². The number of hydrogen-bond acceptors (Lipinski definition) is 2. The molecule has 0 heterocycles. The van der Waals surface area contributed by atoms with E-state index in [0.717, 1.165) is 6.42 Å². The van der Waals surface area contributed by atoms with Crippen LogP contribution in [0.2, 0.25) is 0 Å². The Balaban J connectivity index is 0. The summed E-state index contributed by atoms with van der Waals surface area (Å²) in [7, 11) is 0. The number of carbonyl (C=O) groups is 1. The molecule has 0 aromatic heterocycles. The average molecular weight is 218 g/mol. The molecule has 0 spiro atoms. The third-order valence-corrected chi connectivity index (χ3v) is 2.44. The monoisotopic (exact) mass is 218 g/mol. The van der Waals surface area contributed by atoms with Crippen molar-refractivity contribution in [1.29, 1.82) is 0 Å². The maximum Gasteiger partial charge on any atom is 1.00 e. The second-order valence-electron chi connectivity index (χ2n) is 3.36. The van der Waals surface area contributed by atoms with Crippen LogP contribution in [0.5, 0.6) is 5.75 Å². The minimum absolute atomic E-state index is 0. The second-order valence-corrected chi connectivity index (χ2v) is 3.36. The van der Waals surface area contributed by atoms with Crippen molar-refractivity contribution in [3.05, 3.63) is 29.3 Å². The molecule has 1 aromatic rings. The third-order valence-electron chi connectivity index (χ3n) is 2.44. The van der Waals surface area contributed by atoms with Gasteiger partial charge >= 0.3 is 35.5 Å². The summed E-state index contributed by atoms with van der Waals surface area (Å²) in [5.74, 6) is -1.02. The van der Waals surface area contributed by atoms with Crippen molar-refractivity contribution >= 4 is 5.97 Å². The molecular formula is C11H15NaO3. The first kappa shape index (κ1) is 14.5. The molecule has 1 aromatic carbocycles. The Bertz CT molecular complexity index is 355. The molecule has 0 bridgehead atoms. The van der Waals surface area contributed by atoms with Crippen LogP contribution in [0.3, 0.4) is 0 Å². The van der Waals surface area contributed by atoms with Crippen molar-refractivity contribution in [2.45, 2.75) is 26.2 Å². The molecule has 1 atom stereocenters. The molecule has 0 aliphatic rings. The Morgan fingerprint density at radius 1 is 1.53 bits per heavy atom. The zero-order valence-electron chi connectivity index (χ0n) is 10.3. The van der Waals surface area contributed by atoms with Crippen LogP contribution >= 0.6 is 0 Å². The molecule has 15 heavy (non-hydrogen) atoms. The number of carboxylic acid groups (broad SMARTS) is 1. The summed E-state index contributed by atoms with van der Waals surface area (Å²) in [6.07, 6.45) is 0.872. The van der Waals surface area contributed by atoms with E-state index in [1.54, 1.807) is 12.1 Å². The fraction of sp³-hybridized carbons (Fsp3) is 0.364. The molecule has 0 fully saturated rings. The van der Waals surface area contributed by atoms with Gasteiger partial charge in [-0.15, -0.1) is 0 Å². The topological polar surface area (TPSA) is 57.5 Å². The van der Waals surface area contributed by atoms with Gasteiger partial charge in [-0.2, -0.15) is 0 Å². The van der Waals surface area contributed by atoms with Gasteiger partial charge < -0.3 is 11.6 Å². The Kier molecular flexibility index (Phi) is 5.95. The molecule has 2 N–H and O–H groups in total. The number of aromatic hydroxyl groups is 1. The van der Waals surface area contributed by atoms with Crippen molar-refractivity contribution in [2.75, 3.05) is 0 Å². The third kappa shape index (κ3) is 3.23. The van der Waals surface area contributed by atoms with Gasteiger partial charge in [0, 0.05) is 0 Å². The van der Waals surface area contributed by atoms with Crippen LogP contribution in [0, 0.1) is 0 Å². The van der Waals surface area contributed by atoms with E-state index in [4.69, 9.17) is 5.11 Å². The molecule has 3 nitrogen and oxygen atoms in total. The first-order valence-electron chi connectivity index (χ1n) is 4.63. The van der Waals surface area contributed by atoms with Gasteiger partial charge in [0.25, 0.3) is 0 Å². The van der Waals surface area contributed by atoms with Crippen molar-refractivity contribution in [3.8, 4) is 5.75 Å². The van der Waals surface area contributed by atoms with Crippen molar-refractivity contribution in [1.82, 2.24) is 0 Å². The quantitative estimate of drug-likeness (QED) is 0.686. The largest absolute Gasteiger partial charge is 1.00 e. The van der Waals surface area contributed by atoms with Crippen LogP contribution in [-0.4, -0.2) is 16.2 Å². The zero-order valence-corrected chi connectivity index (χ0v) is 11.3. The maximum absolute atomic E-state index is 10.7. The fourth-order valence-corrected chi connectivity index (χ4v) is 1.35. The molecule has 0 saturated heterocycles.